The summed E-state index contributed by atoms with van der Waals surface area (Å²) in [7, 11) is 1.62. The quantitative estimate of drug-likeness (QED) is 0.589. The normalized spacial score (nSPS) is 14.7. The van der Waals surface area contributed by atoms with Gasteiger partial charge in [-0.3, -0.25) is 9.69 Å². The molecule has 2 heterocycles. The van der Waals surface area contributed by atoms with Crippen molar-refractivity contribution in [2.45, 2.75) is 6.54 Å². The second-order valence-electron chi connectivity index (χ2n) is 6.93. The average molecular weight is 447 g/mol. The first-order chi connectivity index (χ1) is 14.5. The molecule has 0 spiro atoms. The van der Waals surface area contributed by atoms with E-state index in [0.29, 0.717) is 60.0 Å². The summed E-state index contributed by atoms with van der Waals surface area (Å²) in [6.07, 6.45) is 0. The third kappa shape index (κ3) is 4.59. The summed E-state index contributed by atoms with van der Waals surface area (Å²) in [5.74, 6) is 1.74. The SMILES string of the molecule is COc1ccc(-c2noc(CN3CCN(C(=O)c4cc(Cl)ccc4Cl)CC3)n2)cc1. The summed E-state index contributed by atoms with van der Waals surface area (Å²) in [5.41, 5.74) is 1.29. The molecule has 4 rings (SSSR count). The summed E-state index contributed by atoms with van der Waals surface area (Å²) in [6.45, 7) is 3.10. The Bertz CT molecular complexity index is 1030. The van der Waals surface area contributed by atoms with Gasteiger partial charge in [0, 0.05) is 36.8 Å². The van der Waals surface area contributed by atoms with E-state index in [1.807, 2.05) is 24.3 Å². The molecule has 1 amide bonds. The third-order valence-electron chi connectivity index (χ3n) is 4.99. The summed E-state index contributed by atoms with van der Waals surface area (Å²) in [6, 6.07) is 12.4. The average Bonchev–Trinajstić information content (AvgIpc) is 3.24. The van der Waals surface area contributed by atoms with Gasteiger partial charge in [0.05, 0.1) is 24.2 Å². The summed E-state index contributed by atoms with van der Waals surface area (Å²) in [4.78, 5) is 21.2. The summed E-state index contributed by atoms with van der Waals surface area (Å²) in [5, 5.41) is 4.96. The van der Waals surface area contributed by atoms with Gasteiger partial charge in [0.2, 0.25) is 11.7 Å². The standard InChI is InChI=1S/C21H20Cl2N4O3/c1-29-16-5-2-14(3-6-16)20-24-19(30-25-20)13-26-8-10-27(11-9-26)21(28)17-12-15(22)4-7-18(17)23/h2-7,12H,8-11,13H2,1H3. The van der Waals surface area contributed by atoms with Crippen LogP contribution in [-0.2, 0) is 6.54 Å². The maximum absolute atomic E-state index is 12.8. The molecule has 156 valence electrons. The number of benzene rings is 2. The Kier molecular flexibility index (Phi) is 6.22. The maximum Gasteiger partial charge on any atom is 0.255 e. The highest BCUT2D eigenvalue weighted by Gasteiger charge is 2.25. The Morgan fingerprint density at radius 1 is 1.10 bits per heavy atom. The fraction of sp³-hybridized carbons (Fsp3) is 0.286. The van der Waals surface area contributed by atoms with Gasteiger partial charge in [0.25, 0.3) is 5.91 Å². The zero-order valence-electron chi connectivity index (χ0n) is 16.3. The number of amides is 1. The van der Waals surface area contributed by atoms with Crippen LogP contribution < -0.4 is 4.74 Å². The van der Waals surface area contributed by atoms with Crippen LogP contribution in [0.2, 0.25) is 10.0 Å². The van der Waals surface area contributed by atoms with Crippen LogP contribution in [0.1, 0.15) is 16.2 Å². The van der Waals surface area contributed by atoms with Crippen LogP contribution in [0.4, 0.5) is 0 Å². The highest BCUT2D eigenvalue weighted by molar-refractivity contribution is 6.35. The van der Waals surface area contributed by atoms with E-state index in [-0.39, 0.29) is 5.91 Å². The number of ether oxygens (including phenoxy) is 1. The minimum atomic E-state index is -0.110. The van der Waals surface area contributed by atoms with Gasteiger partial charge in [0.15, 0.2) is 0 Å². The molecule has 1 saturated heterocycles. The Morgan fingerprint density at radius 2 is 1.83 bits per heavy atom. The smallest absolute Gasteiger partial charge is 0.255 e. The molecule has 9 heteroatoms. The third-order valence-corrected chi connectivity index (χ3v) is 5.56. The molecule has 0 saturated carbocycles. The lowest BCUT2D eigenvalue weighted by Gasteiger charge is -2.34. The van der Waals surface area contributed by atoms with Crippen LogP contribution in [-0.4, -0.2) is 59.1 Å². The van der Waals surface area contributed by atoms with Crippen molar-refractivity contribution >= 4 is 29.1 Å². The van der Waals surface area contributed by atoms with Crippen molar-refractivity contribution in [2.75, 3.05) is 33.3 Å². The lowest BCUT2D eigenvalue weighted by Crippen LogP contribution is -2.48. The lowest BCUT2D eigenvalue weighted by atomic mass is 10.1. The first kappa shape index (κ1) is 20.7. The molecule has 1 aromatic heterocycles. The second kappa shape index (κ2) is 9.04. The number of rotatable bonds is 5. The number of hydrogen-bond acceptors (Lipinski definition) is 6. The van der Waals surface area contributed by atoms with Crippen molar-refractivity contribution in [3.05, 3.63) is 64.0 Å². The number of hydrogen-bond donors (Lipinski definition) is 0. The van der Waals surface area contributed by atoms with Crippen molar-refractivity contribution in [1.82, 2.24) is 19.9 Å². The van der Waals surface area contributed by atoms with Gasteiger partial charge in [-0.25, -0.2) is 0 Å². The van der Waals surface area contributed by atoms with Crippen molar-refractivity contribution < 1.29 is 14.1 Å². The molecule has 3 aromatic rings. The molecular weight excluding hydrogens is 427 g/mol. The van der Waals surface area contributed by atoms with Crippen LogP contribution in [0.25, 0.3) is 11.4 Å². The molecule has 0 radical (unpaired) electrons. The Balaban J connectivity index is 1.34. The van der Waals surface area contributed by atoms with E-state index < -0.39 is 0 Å². The van der Waals surface area contributed by atoms with Gasteiger partial charge in [0.1, 0.15) is 5.75 Å². The Morgan fingerprint density at radius 3 is 2.53 bits per heavy atom. The predicted molar refractivity (Wildman–Crippen MR) is 114 cm³/mol. The van der Waals surface area contributed by atoms with E-state index in [0.717, 1.165) is 11.3 Å². The van der Waals surface area contributed by atoms with Crippen molar-refractivity contribution in [3.8, 4) is 17.1 Å². The van der Waals surface area contributed by atoms with Crippen molar-refractivity contribution in [3.63, 3.8) is 0 Å². The van der Waals surface area contributed by atoms with Gasteiger partial charge in [-0.05, 0) is 42.5 Å². The van der Waals surface area contributed by atoms with Crippen LogP contribution in [0.15, 0.2) is 47.0 Å². The van der Waals surface area contributed by atoms with E-state index in [1.54, 1.807) is 30.2 Å². The van der Waals surface area contributed by atoms with Crippen LogP contribution >= 0.6 is 23.2 Å². The van der Waals surface area contributed by atoms with Crippen molar-refractivity contribution in [2.24, 2.45) is 0 Å². The number of carbonyl (C=O) groups excluding carboxylic acids is 1. The maximum atomic E-state index is 12.8. The van der Waals surface area contributed by atoms with Crippen molar-refractivity contribution in [1.29, 1.82) is 0 Å². The largest absolute Gasteiger partial charge is 0.497 e. The van der Waals surface area contributed by atoms with E-state index in [2.05, 4.69) is 15.0 Å². The monoisotopic (exact) mass is 446 g/mol. The molecular formula is C21H20Cl2N4O3. The number of halogens is 2. The predicted octanol–water partition coefficient (Wildman–Crippen LogP) is 4.01. The number of nitrogens with zero attached hydrogens (tertiary/aromatic N) is 4. The minimum Gasteiger partial charge on any atom is -0.497 e. The van der Waals surface area contributed by atoms with Gasteiger partial charge in [-0.2, -0.15) is 4.98 Å². The highest BCUT2D eigenvalue weighted by atomic mass is 35.5. The number of aromatic nitrogens is 2. The number of methoxy groups -OCH3 is 1. The van der Waals surface area contributed by atoms with Gasteiger partial charge >= 0.3 is 0 Å². The van der Waals surface area contributed by atoms with Crippen LogP contribution in [0.3, 0.4) is 0 Å². The fourth-order valence-corrected chi connectivity index (χ4v) is 3.68. The minimum absolute atomic E-state index is 0.110. The molecule has 0 bridgehead atoms. The molecule has 0 atom stereocenters. The topological polar surface area (TPSA) is 71.7 Å². The van der Waals surface area contributed by atoms with Gasteiger partial charge in [-0.1, -0.05) is 28.4 Å². The number of carbonyl (C=O) groups is 1. The number of piperazine rings is 1. The molecule has 1 aliphatic heterocycles. The van der Waals surface area contributed by atoms with E-state index in [9.17, 15) is 4.79 Å². The van der Waals surface area contributed by atoms with E-state index >= 15 is 0 Å². The molecule has 2 aromatic carbocycles. The highest BCUT2D eigenvalue weighted by Crippen LogP contribution is 2.23. The molecule has 1 aliphatic rings. The second-order valence-corrected chi connectivity index (χ2v) is 7.78. The first-order valence-electron chi connectivity index (χ1n) is 9.47. The molecule has 1 fully saturated rings. The summed E-state index contributed by atoms with van der Waals surface area (Å²) < 4.78 is 10.6. The Hall–Kier alpha value is -2.61. The first-order valence-corrected chi connectivity index (χ1v) is 10.2. The fourth-order valence-electron chi connectivity index (χ4n) is 3.31. The molecule has 0 aliphatic carbocycles. The van der Waals surface area contributed by atoms with Crippen LogP contribution in [0, 0.1) is 0 Å². The van der Waals surface area contributed by atoms with E-state index in [1.165, 1.54) is 0 Å². The zero-order valence-corrected chi connectivity index (χ0v) is 17.9. The van der Waals surface area contributed by atoms with Gasteiger partial charge < -0.3 is 14.2 Å². The summed E-state index contributed by atoms with van der Waals surface area (Å²) >= 11 is 12.2. The van der Waals surface area contributed by atoms with Crippen LogP contribution in [0.5, 0.6) is 5.75 Å². The van der Waals surface area contributed by atoms with E-state index in [4.69, 9.17) is 32.5 Å². The lowest BCUT2D eigenvalue weighted by molar-refractivity contribution is 0.0615. The molecule has 30 heavy (non-hydrogen) atoms. The molecule has 7 nitrogen and oxygen atoms in total. The van der Waals surface area contributed by atoms with Gasteiger partial charge in [-0.15, -0.1) is 0 Å². The molecule has 0 unspecified atom stereocenters. The zero-order chi connectivity index (χ0) is 21.1. The Labute approximate surface area is 184 Å². The molecule has 0 N–H and O–H groups in total.